The average Bonchev–Trinajstić information content (AvgIpc) is 2.11. The van der Waals surface area contributed by atoms with Crippen molar-refractivity contribution in [2.24, 2.45) is 17.8 Å². The van der Waals surface area contributed by atoms with Crippen molar-refractivity contribution in [2.45, 2.75) is 13.3 Å². The van der Waals surface area contributed by atoms with Gasteiger partial charge in [0.15, 0.2) is 0 Å². The van der Waals surface area contributed by atoms with Crippen LogP contribution in [0.1, 0.15) is 13.3 Å². The molecular weight excluding hydrogens is 128 g/mol. The topological polar surface area (TPSA) is 26.3 Å². The van der Waals surface area contributed by atoms with Crippen molar-refractivity contribution in [1.29, 1.82) is 0 Å². The fourth-order valence-corrected chi connectivity index (χ4v) is 2.08. The Morgan fingerprint density at radius 1 is 1.50 bits per heavy atom. The van der Waals surface area contributed by atoms with Crippen LogP contribution in [-0.2, 0) is 9.53 Å². The third kappa shape index (κ3) is 0.717. The van der Waals surface area contributed by atoms with Crippen LogP contribution in [0.3, 0.4) is 0 Å². The van der Waals surface area contributed by atoms with Crippen LogP contribution in [0.5, 0.6) is 0 Å². The third-order valence-corrected chi connectivity index (χ3v) is 2.84. The standard InChI is InChI=1S/C8H12O2/c1-5(9)7-2-6-3-10-4-8(6)7/h6-8H,2-4H2,1H3/t6?,7?,8-/m0/s1. The smallest absolute Gasteiger partial charge is 0.133 e. The first kappa shape index (κ1) is 6.35. The zero-order valence-corrected chi connectivity index (χ0v) is 6.17. The normalized spacial score (nSPS) is 44.3. The van der Waals surface area contributed by atoms with Gasteiger partial charge in [-0.15, -0.1) is 0 Å². The molecule has 56 valence electrons. The minimum absolute atomic E-state index is 0.340. The largest absolute Gasteiger partial charge is 0.381 e. The molecule has 1 saturated carbocycles. The summed E-state index contributed by atoms with van der Waals surface area (Å²) in [5.74, 6) is 1.99. The Bertz CT molecular complexity index is 165. The number of hydrogen-bond donors (Lipinski definition) is 0. The van der Waals surface area contributed by atoms with Gasteiger partial charge in [0.2, 0.25) is 0 Å². The molecule has 3 atom stereocenters. The van der Waals surface area contributed by atoms with E-state index in [1.54, 1.807) is 6.92 Å². The van der Waals surface area contributed by atoms with Gasteiger partial charge in [0, 0.05) is 12.5 Å². The van der Waals surface area contributed by atoms with Crippen molar-refractivity contribution in [2.75, 3.05) is 13.2 Å². The van der Waals surface area contributed by atoms with Crippen molar-refractivity contribution in [3.8, 4) is 0 Å². The van der Waals surface area contributed by atoms with Crippen LogP contribution in [0.25, 0.3) is 0 Å². The van der Waals surface area contributed by atoms with Crippen LogP contribution in [0, 0.1) is 17.8 Å². The van der Waals surface area contributed by atoms with Crippen molar-refractivity contribution in [1.82, 2.24) is 0 Å². The Hall–Kier alpha value is -0.370. The van der Waals surface area contributed by atoms with Gasteiger partial charge in [0.05, 0.1) is 6.61 Å². The second-order valence-corrected chi connectivity index (χ2v) is 3.41. The molecule has 0 aromatic heterocycles. The van der Waals surface area contributed by atoms with Crippen LogP contribution in [0.2, 0.25) is 0 Å². The van der Waals surface area contributed by atoms with Crippen molar-refractivity contribution < 1.29 is 9.53 Å². The number of hydrogen-bond acceptors (Lipinski definition) is 2. The first-order valence-corrected chi connectivity index (χ1v) is 3.87. The van der Waals surface area contributed by atoms with Crippen molar-refractivity contribution in [3.63, 3.8) is 0 Å². The highest BCUT2D eigenvalue weighted by atomic mass is 16.5. The molecule has 1 saturated heterocycles. The predicted molar refractivity (Wildman–Crippen MR) is 36.6 cm³/mol. The Labute approximate surface area is 60.6 Å². The Kier molecular flexibility index (Phi) is 1.31. The molecule has 1 aliphatic heterocycles. The molecule has 0 spiro atoms. The highest BCUT2D eigenvalue weighted by Crippen LogP contribution is 2.44. The second-order valence-electron chi connectivity index (χ2n) is 3.41. The maximum Gasteiger partial charge on any atom is 0.133 e. The van der Waals surface area contributed by atoms with Gasteiger partial charge >= 0.3 is 0 Å². The zero-order chi connectivity index (χ0) is 7.14. The fraction of sp³-hybridized carbons (Fsp3) is 0.875. The van der Waals surface area contributed by atoms with Crippen LogP contribution in [-0.4, -0.2) is 19.0 Å². The van der Waals surface area contributed by atoms with E-state index in [4.69, 9.17) is 4.74 Å². The molecule has 1 heterocycles. The highest BCUT2D eigenvalue weighted by molar-refractivity contribution is 5.79. The Morgan fingerprint density at radius 2 is 2.30 bits per heavy atom. The summed E-state index contributed by atoms with van der Waals surface area (Å²) < 4.78 is 5.26. The molecule has 2 fully saturated rings. The maximum atomic E-state index is 10.9. The summed E-state index contributed by atoms with van der Waals surface area (Å²) in [6.07, 6.45) is 1.08. The van der Waals surface area contributed by atoms with Crippen molar-refractivity contribution >= 4 is 5.78 Å². The molecule has 10 heavy (non-hydrogen) atoms. The van der Waals surface area contributed by atoms with Gasteiger partial charge < -0.3 is 4.74 Å². The summed E-state index contributed by atoms with van der Waals surface area (Å²) >= 11 is 0. The van der Waals surface area contributed by atoms with Gasteiger partial charge in [0.1, 0.15) is 5.78 Å². The molecule has 0 bridgehead atoms. The van der Waals surface area contributed by atoms with Gasteiger partial charge in [-0.2, -0.15) is 0 Å². The van der Waals surface area contributed by atoms with Crippen LogP contribution in [0.4, 0.5) is 0 Å². The van der Waals surface area contributed by atoms with Crippen LogP contribution in [0.15, 0.2) is 0 Å². The first-order chi connectivity index (χ1) is 4.79. The summed E-state index contributed by atoms with van der Waals surface area (Å²) in [6, 6.07) is 0. The van der Waals surface area contributed by atoms with E-state index in [0.29, 0.717) is 23.5 Å². The van der Waals surface area contributed by atoms with Crippen LogP contribution < -0.4 is 0 Å². The molecule has 0 aromatic carbocycles. The molecule has 0 amide bonds. The van der Waals surface area contributed by atoms with Gasteiger partial charge in [-0.3, -0.25) is 4.79 Å². The number of ketones is 1. The summed E-state index contributed by atoms with van der Waals surface area (Å²) in [7, 11) is 0. The molecule has 2 nitrogen and oxygen atoms in total. The maximum absolute atomic E-state index is 10.9. The Morgan fingerprint density at radius 3 is 2.90 bits per heavy atom. The number of ether oxygens (including phenoxy) is 1. The number of Topliss-reactive ketones (excluding diaryl/α,β-unsaturated/α-hetero) is 1. The molecule has 0 N–H and O–H groups in total. The highest BCUT2D eigenvalue weighted by Gasteiger charge is 2.46. The SMILES string of the molecule is CC(=O)C1CC2COC[C@@H]21. The third-order valence-electron chi connectivity index (χ3n) is 2.84. The number of carbonyl (C=O) groups is 1. The lowest BCUT2D eigenvalue weighted by atomic mass is 9.65. The Balaban J connectivity index is 2.00. The van der Waals surface area contributed by atoms with E-state index in [1.807, 2.05) is 0 Å². The van der Waals surface area contributed by atoms with E-state index in [9.17, 15) is 4.79 Å². The van der Waals surface area contributed by atoms with Gasteiger partial charge in [-0.1, -0.05) is 0 Å². The average molecular weight is 140 g/mol. The lowest BCUT2D eigenvalue weighted by molar-refractivity contribution is -0.127. The zero-order valence-electron chi connectivity index (χ0n) is 6.17. The first-order valence-electron chi connectivity index (χ1n) is 3.87. The number of rotatable bonds is 1. The number of carbonyl (C=O) groups excluding carboxylic acids is 1. The van der Waals surface area contributed by atoms with Gasteiger partial charge in [-0.25, -0.2) is 0 Å². The molecule has 2 aliphatic rings. The van der Waals surface area contributed by atoms with Gasteiger partial charge in [0.25, 0.3) is 0 Å². The lowest BCUT2D eigenvalue weighted by Gasteiger charge is -2.36. The van der Waals surface area contributed by atoms with Crippen LogP contribution >= 0.6 is 0 Å². The summed E-state index contributed by atoms with van der Waals surface area (Å²) in [5.41, 5.74) is 0. The van der Waals surface area contributed by atoms with E-state index < -0.39 is 0 Å². The molecule has 0 aromatic rings. The molecule has 2 unspecified atom stereocenters. The summed E-state index contributed by atoms with van der Waals surface area (Å²) in [4.78, 5) is 10.9. The monoisotopic (exact) mass is 140 g/mol. The molecule has 1 aliphatic carbocycles. The number of fused-ring (bicyclic) bond motifs is 1. The fourth-order valence-electron chi connectivity index (χ4n) is 2.08. The molecule has 0 radical (unpaired) electrons. The van der Waals surface area contributed by atoms with E-state index in [0.717, 1.165) is 19.6 Å². The second kappa shape index (κ2) is 2.06. The lowest BCUT2D eigenvalue weighted by Crippen LogP contribution is -2.39. The van der Waals surface area contributed by atoms with E-state index >= 15 is 0 Å². The predicted octanol–water partition coefficient (Wildman–Crippen LogP) is 0.858. The minimum atomic E-state index is 0.340. The van der Waals surface area contributed by atoms with Crippen molar-refractivity contribution in [3.05, 3.63) is 0 Å². The molecule has 2 heteroatoms. The quantitative estimate of drug-likeness (QED) is 0.540. The molecule has 2 rings (SSSR count). The van der Waals surface area contributed by atoms with E-state index in [1.165, 1.54) is 0 Å². The van der Waals surface area contributed by atoms with E-state index in [2.05, 4.69) is 0 Å². The van der Waals surface area contributed by atoms with E-state index in [-0.39, 0.29) is 0 Å². The van der Waals surface area contributed by atoms with Gasteiger partial charge in [-0.05, 0) is 25.2 Å². The molecular formula is C8H12O2. The summed E-state index contributed by atoms with van der Waals surface area (Å²) in [6.45, 7) is 3.42. The summed E-state index contributed by atoms with van der Waals surface area (Å²) in [5, 5.41) is 0. The minimum Gasteiger partial charge on any atom is -0.381 e.